The van der Waals surface area contributed by atoms with Crippen LogP contribution in [0.15, 0.2) is 18.2 Å². The number of hydrogen-bond donors (Lipinski definition) is 2. The molecule has 0 aromatic heterocycles. The van der Waals surface area contributed by atoms with E-state index in [-0.39, 0.29) is 24.2 Å². The first-order valence-electron chi connectivity index (χ1n) is 7.14. The number of amides is 2. The van der Waals surface area contributed by atoms with Gasteiger partial charge in [-0.3, -0.25) is 20.4 Å². The molecule has 2 unspecified atom stereocenters. The minimum Gasteiger partial charge on any atom is -0.492 e. The van der Waals surface area contributed by atoms with Gasteiger partial charge in [0, 0.05) is 17.4 Å². The number of benzene rings is 1. The van der Waals surface area contributed by atoms with Gasteiger partial charge in [0.25, 0.3) is 0 Å². The van der Waals surface area contributed by atoms with Crippen LogP contribution < -0.4 is 15.6 Å². The van der Waals surface area contributed by atoms with E-state index in [4.69, 9.17) is 27.9 Å². The molecule has 0 saturated heterocycles. The predicted molar refractivity (Wildman–Crippen MR) is 84.7 cm³/mol. The van der Waals surface area contributed by atoms with Gasteiger partial charge in [-0.25, -0.2) is 0 Å². The molecule has 2 amide bonds. The second kappa shape index (κ2) is 7.70. The number of rotatable bonds is 6. The summed E-state index contributed by atoms with van der Waals surface area (Å²) < 4.78 is 5.47. The highest BCUT2D eigenvalue weighted by molar-refractivity contribution is 6.35. The zero-order valence-corrected chi connectivity index (χ0v) is 13.7. The van der Waals surface area contributed by atoms with E-state index in [0.29, 0.717) is 34.7 Å². The van der Waals surface area contributed by atoms with Crippen molar-refractivity contribution in [2.45, 2.75) is 26.2 Å². The van der Waals surface area contributed by atoms with Gasteiger partial charge in [0.05, 0.1) is 11.6 Å². The first-order valence-corrected chi connectivity index (χ1v) is 7.89. The molecule has 0 heterocycles. The Morgan fingerprint density at radius 2 is 2.05 bits per heavy atom. The molecule has 1 saturated carbocycles. The predicted octanol–water partition coefficient (Wildman–Crippen LogP) is 2.96. The summed E-state index contributed by atoms with van der Waals surface area (Å²) in [5, 5.41) is 0.972. The third-order valence-corrected chi connectivity index (χ3v) is 4.00. The molecule has 2 rings (SSSR count). The largest absolute Gasteiger partial charge is 0.492 e. The molecule has 0 bridgehead atoms. The van der Waals surface area contributed by atoms with Crippen molar-refractivity contribution in [3.63, 3.8) is 0 Å². The molecular formula is C15H18Cl2N2O3. The van der Waals surface area contributed by atoms with Crippen molar-refractivity contribution in [2.24, 2.45) is 11.8 Å². The van der Waals surface area contributed by atoms with E-state index < -0.39 is 0 Å². The second-order valence-corrected chi connectivity index (χ2v) is 6.23. The van der Waals surface area contributed by atoms with Crippen molar-refractivity contribution < 1.29 is 14.3 Å². The van der Waals surface area contributed by atoms with Crippen LogP contribution in [-0.4, -0.2) is 18.4 Å². The second-order valence-electron chi connectivity index (χ2n) is 5.38. The number of carbonyl (C=O) groups is 2. The normalized spacial score (nSPS) is 19.4. The van der Waals surface area contributed by atoms with Crippen LogP contribution in [-0.2, 0) is 9.59 Å². The SMILES string of the molecule is CC1CC1C(=O)NNC(=O)CCCOc1ccc(Cl)cc1Cl. The fourth-order valence-electron chi connectivity index (χ4n) is 1.98. The third kappa shape index (κ3) is 5.07. The van der Waals surface area contributed by atoms with Gasteiger partial charge in [-0.2, -0.15) is 0 Å². The van der Waals surface area contributed by atoms with Crippen LogP contribution in [0.1, 0.15) is 26.2 Å². The topological polar surface area (TPSA) is 67.4 Å². The molecule has 1 fully saturated rings. The summed E-state index contributed by atoms with van der Waals surface area (Å²) >= 11 is 11.8. The van der Waals surface area contributed by atoms with Crippen LogP contribution in [0.2, 0.25) is 10.0 Å². The first-order chi connectivity index (χ1) is 10.5. The third-order valence-electron chi connectivity index (χ3n) is 3.47. The average molecular weight is 345 g/mol. The smallest absolute Gasteiger partial charge is 0.241 e. The summed E-state index contributed by atoms with van der Waals surface area (Å²) in [6, 6.07) is 4.96. The van der Waals surface area contributed by atoms with E-state index in [0.717, 1.165) is 6.42 Å². The molecule has 0 radical (unpaired) electrons. The van der Waals surface area contributed by atoms with Gasteiger partial charge in [0.2, 0.25) is 11.8 Å². The Morgan fingerprint density at radius 3 is 2.68 bits per heavy atom. The molecule has 0 aliphatic heterocycles. The van der Waals surface area contributed by atoms with Crippen LogP contribution in [0.25, 0.3) is 0 Å². The average Bonchev–Trinajstić information content (AvgIpc) is 3.20. The minimum absolute atomic E-state index is 0.0377. The number of hydrazine groups is 1. The molecule has 5 nitrogen and oxygen atoms in total. The number of ether oxygens (including phenoxy) is 1. The Morgan fingerprint density at radius 1 is 1.32 bits per heavy atom. The molecule has 1 aliphatic carbocycles. The summed E-state index contributed by atoms with van der Waals surface area (Å²) in [5.74, 6) is 0.616. The minimum atomic E-state index is -0.243. The van der Waals surface area contributed by atoms with Gasteiger partial charge in [-0.1, -0.05) is 30.1 Å². The van der Waals surface area contributed by atoms with E-state index in [9.17, 15) is 9.59 Å². The van der Waals surface area contributed by atoms with Crippen LogP contribution >= 0.6 is 23.2 Å². The quantitative estimate of drug-likeness (QED) is 0.615. The lowest BCUT2D eigenvalue weighted by atomic mass is 10.3. The van der Waals surface area contributed by atoms with E-state index >= 15 is 0 Å². The Balaban J connectivity index is 1.59. The monoisotopic (exact) mass is 344 g/mol. The van der Waals surface area contributed by atoms with Gasteiger partial charge in [-0.05, 0) is 37.0 Å². The highest BCUT2D eigenvalue weighted by Crippen LogP contribution is 2.37. The number of carbonyl (C=O) groups excluding carboxylic acids is 2. The molecule has 0 spiro atoms. The van der Waals surface area contributed by atoms with Gasteiger partial charge >= 0.3 is 0 Å². The van der Waals surface area contributed by atoms with Crippen LogP contribution in [0.4, 0.5) is 0 Å². The van der Waals surface area contributed by atoms with Crippen LogP contribution in [0.3, 0.4) is 0 Å². The number of hydrogen-bond acceptors (Lipinski definition) is 3. The molecule has 1 aromatic rings. The van der Waals surface area contributed by atoms with Crippen molar-refractivity contribution >= 4 is 35.0 Å². The van der Waals surface area contributed by atoms with Crippen LogP contribution in [0.5, 0.6) is 5.75 Å². The Hall–Kier alpha value is -1.46. The van der Waals surface area contributed by atoms with Crippen molar-refractivity contribution in [1.82, 2.24) is 10.9 Å². The van der Waals surface area contributed by atoms with E-state index in [2.05, 4.69) is 10.9 Å². The van der Waals surface area contributed by atoms with Crippen LogP contribution in [0, 0.1) is 11.8 Å². The maximum atomic E-state index is 11.6. The van der Waals surface area contributed by atoms with E-state index in [1.165, 1.54) is 0 Å². The van der Waals surface area contributed by atoms with Crippen molar-refractivity contribution in [1.29, 1.82) is 0 Å². The Bertz CT molecular complexity index is 566. The van der Waals surface area contributed by atoms with Gasteiger partial charge in [-0.15, -0.1) is 0 Å². The lowest BCUT2D eigenvalue weighted by Crippen LogP contribution is -2.42. The van der Waals surface area contributed by atoms with Crippen molar-refractivity contribution in [2.75, 3.05) is 6.61 Å². The standard InChI is InChI=1S/C15H18Cl2N2O3/c1-9-7-11(9)15(21)19-18-14(20)3-2-6-22-13-5-4-10(16)8-12(13)17/h4-5,8-9,11H,2-3,6-7H2,1H3,(H,18,20)(H,19,21). The number of nitrogens with one attached hydrogen (secondary N) is 2. The Kier molecular flexibility index (Phi) is 5.91. The summed E-state index contributed by atoms with van der Waals surface area (Å²) in [6.07, 6.45) is 1.66. The summed E-state index contributed by atoms with van der Waals surface area (Å²) in [7, 11) is 0. The molecule has 2 N–H and O–H groups in total. The van der Waals surface area contributed by atoms with Crippen molar-refractivity contribution in [3.05, 3.63) is 28.2 Å². The zero-order chi connectivity index (χ0) is 16.1. The first kappa shape index (κ1) is 16.9. The van der Waals surface area contributed by atoms with Gasteiger partial charge in [0.1, 0.15) is 5.75 Å². The highest BCUT2D eigenvalue weighted by Gasteiger charge is 2.39. The van der Waals surface area contributed by atoms with Gasteiger partial charge in [0.15, 0.2) is 0 Å². The van der Waals surface area contributed by atoms with Gasteiger partial charge < -0.3 is 4.74 Å². The zero-order valence-electron chi connectivity index (χ0n) is 12.2. The van der Waals surface area contributed by atoms with Crippen molar-refractivity contribution in [3.8, 4) is 5.75 Å². The fraction of sp³-hybridized carbons (Fsp3) is 0.467. The van der Waals surface area contributed by atoms with E-state index in [1.807, 2.05) is 6.92 Å². The lowest BCUT2D eigenvalue weighted by Gasteiger charge is -2.09. The van der Waals surface area contributed by atoms with E-state index in [1.54, 1.807) is 18.2 Å². The number of halogens is 2. The highest BCUT2D eigenvalue weighted by atomic mass is 35.5. The molecule has 120 valence electrons. The molecule has 22 heavy (non-hydrogen) atoms. The Labute approximate surface area is 139 Å². The summed E-state index contributed by atoms with van der Waals surface area (Å²) in [6.45, 7) is 2.35. The maximum absolute atomic E-state index is 11.6. The summed E-state index contributed by atoms with van der Waals surface area (Å²) in [5.41, 5.74) is 4.84. The fourth-order valence-corrected chi connectivity index (χ4v) is 2.44. The molecule has 7 heteroatoms. The molecule has 1 aromatic carbocycles. The lowest BCUT2D eigenvalue weighted by molar-refractivity contribution is -0.129. The molecule has 1 aliphatic rings. The molecule has 2 atom stereocenters. The maximum Gasteiger partial charge on any atom is 0.241 e. The summed E-state index contributed by atoms with van der Waals surface area (Å²) in [4.78, 5) is 23.1. The molecular weight excluding hydrogens is 327 g/mol.